The lowest BCUT2D eigenvalue weighted by molar-refractivity contribution is -0.0584. The molecule has 0 aromatic carbocycles. The fourth-order valence-electron chi connectivity index (χ4n) is 2.27. The minimum absolute atomic E-state index is 0.0631. The van der Waals surface area contributed by atoms with Crippen molar-refractivity contribution in [2.75, 3.05) is 6.61 Å². The highest BCUT2D eigenvalue weighted by atomic mass is 16.5. The number of rotatable bonds is 5. The second-order valence-electron chi connectivity index (χ2n) is 3.94. The maximum atomic E-state index is 10.0. The van der Waals surface area contributed by atoms with E-state index in [-0.39, 0.29) is 12.2 Å². The van der Waals surface area contributed by atoms with Crippen molar-refractivity contribution >= 4 is 0 Å². The molecule has 0 spiro atoms. The van der Waals surface area contributed by atoms with Gasteiger partial charge < -0.3 is 9.84 Å². The lowest BCUT2D eigenvalue weighted by atomic mass is 9.95. The smallest absolute Gasteiger partial charge is 0.0833 e. The molecule has 2 heteroatoms. The first-order valence-electron chi connectivity index (χ1n) is 5.59. The summed E-state index contributed by atoms with van der Waals surface area (Å²) < 4.78 is 5.52. The first-order chi connectivity index (χ1) is 6.29. The molecule has 0 radical (unpaired) electrons. The van der Waals surface area contributed by atoms with E-state index in [0.717, 1.165) is 6.42 Å². The number of hydrogen-bond donors (Lipinski definition) is 1. The topological polar surface area (TPSA) is 29.5 Å². The molecular weight excluding hydrogens is 164 g/mol. The van der Waals surface area contributed by atoms with Crippen LogP contribution in [-0.2, 0) is 4.74 Å². The van der Waals surface area contributed by atoms with Gasteiger partial charge in [0.2, 0.25) is 0 Å². The van der Waals surface area contributed by atoms with Crippen molar-refractivity contribution in [3.63, 3.8) is 0 Å². The number of aliphatic hydroxyl groups is 1. The van der Waals surface area contributed by atoms with Crippen LogP contribution in [0.2, 0.25) is 0 Å². The van der Waals surface area contributed by atoms with Gasteiger partial charge in [-0.15, -0.1) is 0 Å². The third kappa shape index (κ3) is 2.96. The molecule has 1 aliphatic carbocycles. The molecule has 1 saturated carbocycles. The summed E-state index contributed by atoms with van der Waals surface area (Å²) in [4.78, 5) is 0. The van der Waals surface area contributed by atoms with Crippen LogP contribution in [-0.4, -0.2) is 23.9 Å². The van der Waals surface area contributed by atoms with Gasteiger partial charge in [0.25, 0.3) is 0 Å². The van der Waals surface area contributed by atoms with Crippen molar-refractivity contribution in [2.24, 2.45) is 5.92 Å². The lowest BCUT2D eigenvalue weighted by Gasteiger charge is -2.26. The predicted molar refractivity (Wildman–Crippen MR) is 53.7 cm³/mol. The molecule has 2 atom stereocenters. The summed E-state index contributed by atoms with van der Waals surface area (Å²) in [5.74, 6) is 0.497. The Bertz CT molecular complexity index is 130. The molecule has 1 fully saturated rings. The lowest BCUT2D eigenvalue weighted by Crippen LogP contribution is -2.34. The van der Waals surface area contributed by atoms with Crippen molar-refractivity contribution in [2.45, 2.75) is 58.2 Å². The van der Waals surface area contributed by atoms with Crippen molar-refractivity contribution in [3.8, 4) is 0 Å². The van der Waals surface area contributed by atoms with E-state index in [4.69, 9.17) is 4.74 Å². The van der Waals surface area contributed by atoms with E-state index < -0.39 is 0 Å². The van der Waals surface area contributed by atoms with Crippen LogP contribution in [0.5, 0.6) is 0 Å². The molecule has 13 heavy (non-hydrogen) atoms. The molecule has 2 unspecified atom stereocenters. The SMILES string of the molecule is CCOC(CC)C(O)C1CCCC1. The average Bonchev–Trinajstić information content (AvgIpc) is 2.65. The van der Waals surface area contributed by atoms with Crippen LogP contribution < -0.4 is 0 Å². The van der Waals surface area contributed by atoms with Gasteiger partial charge in [0.1, 0.15) is 0 Å². The van der Waals surface area contributed by atoms with E-state index in [2.05, 4.69) is 6.92 Å². The molecule has 0 aromatic heterocycles. The Morgan fingerprint density at radius 3 is 2.38 bits per heavy atom. The van der Waals surface area contributed by atoms with Crippen molar-refractivity contribution < 1.29 is 9.84 Å². The van der Waals surface area contributed by atoms with Crippen LogP contribution in [0.1, 0.15) is 46.0 Å². The Kier molecular flexibility index (Phi) is 4.74. The zero-order chi connectivity index (χ0) is 9.68. The standard InChI is InChI=1S/C11H22O2/c1-3-10(13-4-2)11(12)9-7-5-6-8-9/h9-12H,3-8H2,1-2H3. The van der Waals surface area contributed by atoms with Gasteiger partial charge in [0.15, 0.2) is 0 Å². The molecule has 78 valence electrons. The molecule has 2 nitrogen and oxygen atoms in total. The average molecular weight is 186 g/mol. The summed E-state index contributed by atoms with van der Waals surface area (Å²) in [6.45, 7) is 4.78. The van der Waals surface area contributed by atoms with E-state index >= 15 is 0 Å². The Hall–Kier alpha value is -0.0800. The zero-order valence-corrected chi connectivity index (χ0v) is 8.83. The van der Waals surface area contributed by atoms with Gasteiger partial charge in [-0.05, 0) is 32.1 Å². The highest BCUT2D eigenvalue weighted by Crippen LogP contribution is 2.30. The third-order valence-corrected chi connectivity index (χ3v) is 3.05. The highest BCUT2D eigenvalue weighted by molar-refractivity contribution is 4.80. The summed E-state index contributed by atoms with van der Waals surface area (Å²) in [7, 11) is 0. The van der Waals surface area contributed by atoms with Crippen molar-refractivity contribution in [1.82, 2.24) is 0 Å². The van der Waals surface area contributed by atoms with E-state index in [1.54, 1.807) is 0 Å². The summed E-state index contributed by atoms with van der Waals surface area (Å²) in [5.41, 5.74) is 0. The molecule has 1 rings (SSSR count). The maximum absolute atomic E-state index is 10.0. The molecule has 0 saturated heterocycles. The van der Waals surface area contributed by atoms with Crippen molar-refractivity contribution in [1.29, 1.82) is 0 Å². The van der Waals surface area contributed by atoms with Crippen LogP contribution in [0.4, 0.5) is 0 Å². The first kappa shape index (κ1) is 11.0. The fraction of sp³-hybridized carbons (Fsp3) is 1.00. The van der Waals surface area contributed by atoms with Gasteiger partial charge >= 0.3 is 0 Å². The molecule has 1 aliphatic rings. The Morgan fingerprint density at radius 2 is 1.92 bits per heavy atom. The third-order valence-electron chi connectivity index (χ3n) is 3.05. The minimum Gasteiger partial charge on any atom is -0.390 e. The molecule has 0 aliphatic heterocycles. The van der Waals surface area contributed by atoms with Gasteiger partial charge in [0, 0.05) is 6.61 Å². The number of ether oxygens (including phenoxy) is 1. The summed E-state index contributed by atoms with van der Waals surface area (Å²) >= 11 is 0. The largest absolute Gasteiger partial charge is 0.390 e. The van der Waals surface area contributed by atoms with E-state index in [1.807, 2.05) is 6.92 Å². The molecule has 0 aromatic rings. The van der Waals surface area contributed by atoms with Crippen LogP contribution >= 0.6 is 0 Å². The number of aliphatic hydroxyl groups excluding tert-OH is 1. The first-order valence-corrected chi connectivity index (χ1v) is 5.59. The van der Waals surface area contributed by atoms with Crippen LogP contribution in [0.15, 0.2) is 0 Å². The molecular formula is C11H22O2. The summed E-state index contributed by atoms with van der Waals surface area (Å²) in [6, 6.07) is 0. The minimum atomic E-state index is -0.229. The molecule has 1 N–H and O–H groups in total. The molecule has 0 amide bonds. The maximum Gasteiger partial charge on any atom is 0.0833 e. The Balaban J connectivity index is 2.37. The monoisotopic (exact) mass is 186 g/mol. The molecule has 0 heterocycles. The molecule has 0 bridgehead atoms. The quantitative estimate of drug-likeness (QED) is 0.714. The highest BCUT2D eigenvalue weighted by Gasteiger charge is 2.29. The van der Waals surface area contributed by atoms with Gasteiger partial charge in [-0.2, -0.15) is 0 Å². The van der Waals surface area contributed by atoms with Gasteiger partial charge in [-0.3, -0.25) is 0 Å². The second kappa shape index (κ2) is 5.61. The normalized spacial score (nSPS) is 23.3. The van der Waals surface area contributed by atoms with Gasteiger partial charge in [-0.25, -0.2) is 0 Å². The van der Waals surface area contributed by atoms with Crippen LogP contribution in [0.25, 0.3) is 0 Å². The summed E-state index contributed by atoms with van der Waals surface area (Å²) in [5, 5.41) is 10.0. The van der Waals surface area contributed by atoms with Crippen LogP contribution in [0, 0.1) is 5.92 Å². The Labute approximate surface area is 81.3 Å². The fourth-order valence-corrected chi connectivity index (χ4v) is 2.27. The van der Waals surface area contributed by atoms with Gasteiger partial charge in [-0.1, -0.05) is 19.8 Å². The van der Waals surface area contributed by atoms with E-state index in [1.165, 1.54) is 25.7 Å². The van der Waals surface area contributed by atoms with E-state index in [9.17, 15) is 5.11 Å². The van der Waals surface area contributed by atoms with E-state index in [0.29, 0.717) is 12.5 Å². The second-order valence-corrected chi connectivity index (χ2v) is 3.94. The van der Waals surface area contributed by atoms with Crippen LogP contribution in [0.3, 0.4) is 0 Å². The Morgan fingerprint density at radius 1 is 1.31 bits per heavy atom. The zero-order valence-electron chi connectivity index (χ0n) is 8.83. The number of hydrogen-bond acceptors (Lipinski definition) is 2. The van der Waals surface area contributed by atoms with Crippen molar-refractivity contribution in [3.05, 3.63) is 0 Å². The van der Waals surface area contributed by atoms with Gasteiger partial charge in [0.05, 0.1) is 12.2 Å². The summed E-state index contributed by atoms with van der Waals surface area (Å²) in [6.07, 6.45) is 5.69. The predicted octanol–water partition coefficient (Wildman–Crippen LogP) is 2.35.